The monoisotopic (exact) mass is 257 g/mol. The lowest BCUT2D eigenvalue weighted by Gasteiger charge is -2.17. The number of fused-ring (bicyclic) bond motifs is 1. The molecule has 1 aromatic heterocycles. The van der Waals surface area contributed by atoms with Gasteiger partial charge < -0.3 is 10.0 Å². The topological polar surface area (TPSA) is 66.3 Å². The van der Waals surface area contributed by atoms with Gasteiger partial charge in [-0.05, 0) is 5.92 Å². The third kappa shape index (κ3) is 2.01. The maximum atomic E-state index is 11.2. The lowest BCUT2D eigenvalue weighted by molar-refractivity contribution is -0.142. The van der Waals surface area contributed by atoms with Crippen LogP contribution in [0.25, 0.3) is 10.8 Å². The molecule has 1 N–H and O–H groups in total. The van der Waals surface area contributed by atoms with Gasteiger partial charge in [-0.1, -0.05) is 31.2 Å². The Morgan fingerprint density at radius 3 is 2.89 bits per heavy atom. The Hall–Kier alpha value is -2.17. The second-order valence-electron chi connectivity index (χ2n) is 5.08. The first kappa shape index (κ1) is 11.9. The number of carboxylic acid groups (broad SMARTS) is 1. The number of benzene rings is 1. The predicted molar refractivity (Wildman–Crippen MR) is 72.0 cm³/mol. The SMILES string of the molecule is C[C@@H]1CN(c2nncc3ccccc23)C[C@H]1C(=O)O. The van der Waals surface area contributed by atoms with Crippen LogP contribution >= 0.6 is 0 Å². The van der Waals surface area contributed by atoms with Crippen molar-refractivity contribution in [3.8, 4) is 0 Å². The number of carboxylic acids is 1. The highest BCUT2D eigenvalue weighted by Crippen LogP contribution is 2.30. The van der Waals surface area contributed by atoms with E-state index in [1.807, 2.05) is 36.1 Å². The minimum absolute atomic E-state index is 0.123. The molecule has 98 valence electrons. The first-order chi connectivity index (χ1) is 9.16. The highest BCUT2D eigenvalue weighted by Gasteiger charge is 2.35. The molecule has 0 saturated carbocycles. The largest absolute Gasteiger partial charge is 0.481 e. The summed E-state index contributed by atoms with van der Waals surface area (Å²) in [6.45, 7) is 3.18. The van der Waals surface area contributed by atoms with Crippen molar-refractivity contribution in [2.24, 2.45) is 11.8 Å². The van der Waals surface area contributed by atoms with Gasteiger partial charge in [-0.3, -0.25) is 4.79 Å². The van der Waals surface area contributed by atoms with Crippen LogP contribution in [-0.2, 0) is 4.79 Å². The molecule has 5 heteroatoms. The second kappa shape index (κ2) is 4.50. The zero-order valence-electron chi connectivity index (χ0n) is 10.7. The Labute approximate surface area is 110 Å². The average Bonchev–Trinajstić information content (AvgIpc) is 2.80. The molecule has 1 fully saturated rings. The van der Waals surface area contributed by atoms with Crippen LogP contribution in [0.1, 0.15) is 6.92 Å². The number of hydrogen-bond acceptors (Lipinski definition) is 4. The van der Waals surface area contributed by atoms with Crippen molar-refractivity contribution in [2.75, 3.05) is 18.0 Å². The Bertz CT molecular complexity index is 624. The van der Waals surface area contributed by atoms with Crippen LogP contribution in [0.2, 0.25) is 0 Å². The summed E-state index contributed by atoms with van der Waals surface area (Å²) in [6.07, 6.45) is 1.73. The molecule has 3 rings (SSSR count). The van der Waals surface area contributed by atoms with Crippen molar-refractivity contribution in [1.29, 1.82) is 0 Å². The molecule has 0 spiro atoms. The minimum Gasteiger partial charge on any atom is -0.481 e. The molecule has 1 aliphatic rings. The zero-order valence-corrected chi connectivity index (χ0v) is 10.7. The molecule has 0 bridgehead atoms. The van der Waals surface area contributed by atoms with Crippen LogP contribution in [0.4, 0.5) is 5.82 Å². The smallest absolute Gasteiger partial charge is 0.308 e. The highest BCUT2D eigenvalue weighted by molar-refractivity contribution is 5.91. The predicted octanol–water partition coefficient (Wildman–Crippen LogP) is 1.79. The van der Waals surface area contributed by atoms with Gasteiger partial charge in [0.1, 0.15) is 0 Å². The molecule has 0 aliphatic carbocycles. The summed E-state index contributed by atoms with van der Waals surface area (Å²) in [6, 6.07) is 7.90. The van der Waals surface area contributed by atoms with Crippen LogP contribution < -0.4 is 4.90 Å². The molecule has 0 unspecified atom stereocenters. The molecule has 19 heavy (non-hydrogen) atoms. The summed E-state index contributed by atoms with van der Waals surface area (Å²) in [4.78, 5) is 13.2. The Balaban J connectivity index is 2.00. The van der Waals surface area contributed by atoms with E-state index in [4.69, 9.17) is 0 Å². The molecule has 5 nitrogen and oxygen atoms in total. The van der Waals surface area contributed by atoms with Crippen molar-refractivity contribution in [3.63, 3.8) is 0 Å². The van der Waals surface area contributed by atoms with Crippen LogP contribution in [0.3, 0.4) is 0 Å². The van der Waals surface area contributed by atoms with Crippen molar-refractivity contribution >= 4 is 22.6 Å². The van der Waals surface area contributed by atoms with Gasteiger partial charge in [0.15, 0.2) is 5.82 Å². The fraction of sp³-hybridized carbons (Fsp3) is 0.357. The normalized spacial score (nSPS) is 22.9. The van der Waals surface area contributed by atoms with E-state index in [1.165, 1.54) is 0 Å². The summed E-state index contributed by atoms with van der Waals surface area (Å²) in [5, 5.41) is 19.5. The second-order valence-corrected chi connectivity index (χ2v) is 5.08. The molecule has 0 amide bonds. The number of anilines is 1. The van der Waals surface area contributed by atoms with Crippen molar-refractivity contribution < 1.29 is 9.90 Å². The molecule has 1 aromatic carbocycles. The third-order valence-corrected chi connectivity index (χ3v) is 3.78. The van der Waals surface area contributed by atoms with Gasteiger partial charge in [0.2, 0.25) is 0 Å². The van der Waals surface area contributed by atoms with Gasteiger partial charge in [-0.25, -0.2) is 0 Å². The molecular weight excluding hydrogens is 242 g/mol. The molecule has 2 aromatic rings. The quantitative estimate of drug-likeness (QED) is 0.888. The minimum atomic E-state index is -0.733. The van der Waals surface area contributed by atoms with Crippen molar-refractivity contribution in [3.05, 3.63) is 30.5 Å². The molecule has 2 atom stereocenters. The van der Waals surface area contributed by atoms with Crippen molar-refractivity contribution in [1.82, 2.24) is 10.2 Å². The van der Waals surface area contributed by atoms with Crippen LogP contribution in [0.5, 0.6) is 0 Å². The van der Waals surface area contributed by atoms with E-state index in [2.05, 4.69) is 10.2 Å². The van der Waals surface area contributed by atoms with Gasteiger partial charge in [-0.15, -0.1) is 5.10 Å². The molecular formula is C14H15N3O2. The van der Waals surface area contributed by atoms with Gasteiger partial charge in [0.25, 0.3) is 0 Å². The summed E-state index contributed by atoms with van der Waals surface area (Å²) in [7, 11) is 0. The fourth-order valence-electron chi connectivity index (χ4n) is 2.71. The number of rotatable bonds is 2. The molecule has 0 radical (unpaired) electrons. The molecule has 2 heterocycles. The molecule has 1 saturated heterocycles. The third-order valence-electron chi connectivity index (χ3n) is 3.78. The maximum absolute atomic E-state index is 11.2. The molecule has 1 aliphatic heterocycles. The van der Waals surface area contributed by atoms with E-state index >= 15 is 0 Å². The van der Waals surface area contributed by atoms with Crippen LogP contribution in [0.15, 0.2) is 30.5 Å². The zero-order chi connectivity index (χ0) is 13.4. The number of aromatic nitrogens is 2. The van der Waals surface area contributed by atoms with E-state index in [9.17, 15) is 9.90 Å². The van der Waals surface area contributed by atoms with Gasteiger partial charge in [0, 0.05) is 23.9 Å². The highest BCUT2D eigenvalue weighted by atomic mass is 16.4. The van der Waals surface area contributed by atoms with Gasteiger partial charge in [0.05, 0.1) is 12.1 Å². The number of hydrogen-bond donors (Lipinski definition) is 1. The van der Waals surface area contributed by atoms with E-state index in [-0.39, 0.29) is 11.8 Å². The van der Waals surface area contributed by atoms with Gasteiger partial charge in [-0.2, -0.15) is 5.10 Å². The van der Waals surface area contributed by atoms with E-state index < -0.39 is 5.97 Å². The number of carbonyl (C=O) groups is 1. The van der Waals surface area contributed by atoms with Crippen LogP contribution in [0, 0.1) is 11.8 Å². The first-order valence-corrected chi connectivity index (χ1v) is 6.35. The number of aliphatic carboxylic acids is 1. The lowest BCUT2D eigenvalue weighted by atomic mass is 9.99. The fourth-order valence-corrected chi connectivity index (χ4v) is 2.71. The van der Waals surface area contributed by atoms with E-state index in [0.29, 0.717) is 13.1 Å². The summed E-state index contributed by atoms with van der Waals surface area (Å²) in [5.41, 5.74) is 0. The summed E-state index contributed by atoms with van der Waals surface area (Å²) < 4.78 is 0. The lowest BCUT2D eigenvalue weighted by Crippen LogP contribution is -2.24. The Kier molecular flexibility index (Phi) is 2.81. The van der Waals surface area contributed by atoms with Gasteiger partial charge >= 0.3 is 5.97 Å². The maximum Gasteiger partial charge on any atom is 0.308 e. The summed E-state index contributed by atoms with van der Waals surface area (Å²) in [5.74, 6) is -0.157. The van der Waals surface area contributed by atoms with Crippen molar-refractivity contribution in [2.45, 2.75) is 6.92 Å². The Morgan fingerprint density at radius 1 is 1.37 bits per heavy atom. The Morgan fingerprint density at radius 2 is 2.16 bits per heavy atom. The average molecular weight is 257 g/mol. The van der Waals surface area contributed by atoms with E-state index in [1.54, 1.807) is 6.20 Å². The standard InChI is InChI=1S/C14H15N3O2/c1-9-7-17(8-12(9)14(18)19)13-11-5-3-2-4-10(11)6-15-16-13/h2-6,9,12H,7-8H2,1H3,(H,18,19)/t9-,12-/m1/s1. The number of nitrogens with zero attached hydrogens (tertiary/aromatic N) is 3. The summed E-state index contributed by atoms with van der Waals surface area (Å²) >= 11 is 0. The first-order valence-electron chi connectivity index (χ1n) is 6.35. The van der Waals surface area contributed by atoms with Crippen LogP contribution in [-0.4, -0.2) is 34.4 Å². The van der Waals surface area contributed by atoms with E-state index in [0.717, 1.165) is 16.6 Å².